The van der Waals surface area contributed by atoms with Gasteiger partial charge in [0.25, 0.3) is 10.1 Å². The predicted octanol–water partition coefficient (Wildman–Crippen LogP) is 1.85. The number of carbonyl (C=O) groups excluding carboxylic acids is 2. The van der Waals surface area contributed by atoms with E-state index >= 15 is 0 Å². The normalized spacial score (nSPS) is 16.1. The summed E-state index contributed by atoms with van der Waals surface area (Å²) in [6.45, 7) is 1.46. The summed E-state index contributed by atoms with van der Waals surface area (Å²) >= 11 is 0. The fraction of sp³-hybridized carbons (Fsp3) is 0.174. The smallest absolute Gasteiger partial charge is 0.355 e. The number of aromatic hydroxyl groups is 1. The van der Waals surface area contributed by atoms with Crippen molar-refractivity contribution in [1.82, 2.24) is 0 Å². The largest absolute Gasteiger partial charge is 0.504 e. The second-order valence-electron chi connectivity index (χ2n) is 7.44. The van der Waals surface area contributed by atoms with Gasteiger partial charge in [-0.2, -0.15) is 13.7 Å². The minimum Gasteiger partial charge on any atom is -0.504 e. The molecule has 2 aromatic rings. The fourth-order valence-electron chi connectivity index (χ4n) is 3.86. The van der Waals surface area contributed by atoms with Gasteiger partial charge in [-0.15, -0.1) is 0 Å². The number of aryl methyl sites for hydroxylation is 1. The number of hydrogen-bond donors (Lipinski definition) is 3. The average Bonchev–Trinajstić information content (AvgIpc) is 2.83. The van der Waals surface area contributed by atoms with E-state index in [1.165, 1.54) is 13.0 Å². The van der Waals surface area contributed by atoms with Crippen molar-refractivity contribution in [3.63, 3.8) is 0 Å². The number of phenols is 1. The Kier molecular flexibility index (Phi) is 6.86. The van der Waals surface area contributed by atoms with Crippen LogP contribution in [0.2, 0.25) is 0 Å². The highest BCUT2D eigenvalue weighted by Gasteiger charge is 2.44. The molecule has 0 amide bonds. The molecule has 35 heavy (non-hydrogen) atoms. The van der Waals surface area contributed by atoms with Gasteiger partial charge in [-0.05, 0) is 30.2 Å². The van der Waals surface area contributed by atoms with Gasteiger partial charge in [0.2, 0.25) is 0 Å². The van der Waals surface area contributed by atoms with Gasteiger partial charge >= 0.3 is 11.9 Å². The molecule has 0 aromatic heterocycles. The van der Waals surface area contributed by atoms with E-state index in [-0.39, 0.29) is 22.5 Å². The number of methoxy groups -OCH3 is 2. The summed E-state index contributed by atoms with van der Waals surface area (Å²) in [5.74, 6) is -4.57. The number of nitriles is 1. The minimum absolute atomic E-state index is 0.182. The van der Waals surface area contributed by atoms with Crippen LogP contribution in [0.1, 0.15) is 17.0 Å². The highest BCUT2D eigenvalue weighted by Crippen LogP contribution is 2.46. The van der Waals surface area contributed by atoms with E-state index in [1.807, 2.05) is 6.07 Å². The predicted molar refractivity (Wildman–Crippen MR) is 122 cm³/mol. The zero-order valence-electron chi connectivity index (χ0n) is 18.8. The van der Waals surface area contributed by atoms with Crippen molar-refractivity contribution in [2.45, 2.75) is 17.7 Å². The summed E-state index contributed by atoms with van der Waals surface area (Å²) in [6.07, 6.45) is 0. The quantitative estimate of drug-likeness (QED) is 0.403. The zero-order chi connectivity index (χ0) is 26.1. The first-order chi connectivity index (χ1) is 16.5. The second kappa shape index (κ2) is 9.49. The molecule has 0 fully saturated rings. The Morgan fingerprint density at radius 1 is 1.11 bits per heavy atom. The van der Waals surface area contributed by atoms with E-state index in [4.69, 9.17) is 15.2 Å². The van der Waals surface area contributed by atoms with E-state index in [0.29, 0.717) is 5.56 Å². The Labute approximate surface area is 201 Å². The lowest BCUT2D eigenvalue weighted by Gasteiger charge is -2.36. The standard InChI is InChI=1S/C23H21N3O8S/c1-12-9-15(20(27)16(10-12)35(30,31)32)26-19(23(29)34-3)18(22(28)33-2)17(14(11-24)21(26)25)13-7-5-4-6-8-13/h4-10,17,27H,25H2,1-3H3,(H,30,31,32). The van der Waals surface area contributed by atoms with Crippen molar-refractivity contribution >= 4 is 27.7 Å². The number of carbonyl (C=O) groups is 2. The van der Waals surface area contributed by atoms with Crippen LogP contribution in [0.5, 0.6) is 5.75 Å². The van der Waals surface area contributed by atoms with E-state index in [1.54, 1.807) is 30.3 Å². The maximum atomic E-state index is 13.0. The molecule has 182 valence electrons. The van der Waals surface area contributed by atoms with E-state index in [0.717, 1.165) is 25.2 Å². The van der Waals surface area contributed by atoms with Crippen LogP contribution < -0.4 is 10.6 Å². The van der Waals surface area contributed by atoms with Crippen LogP contribution in [0, 0.1) is 18.3 Å². The Morgan fingerprint density at radius 2 is 1.71 bits per heavy atom. The molecule has 0 saturated heterocycles. The van der Waals surface area contributed by atoms with Crippen LogP contribution >= 0.6 is 0 Å². The summed E-state index contributed by atoms with van der Waals surface area (Å²) in [5.41, 5.74) is 5.59. The van der Waals surface area contributed by atoms with Gasteiger partial charge in [-0.3, -0.25) is 9.45 Å². The summed E-state index contributed by atoms with van der Waals surface area (Å²) < 4.78 is 43.1. The van der Waals surface area contributed by atoms with E-state index in [2.05, 4.69) is 0 Å². The molecule has 12 heteroatoms. The molecule has 0 aliphatic carbocycles. The third-order valence-corrected chi connectivity index (χ3v) is 6.20. The molecule has 1 heterocycles. The first-order valence-corrected chi connectivity index (χ1v) is 11.4. The van der Waals surface area contributed by atoms with Crippen molar-refractivity contribution in [2.24, 2.45) is 5.73 Å². The fourth-order valence-corrected chi connectivity index (χ4v) is 4.54. The van der Waals surface area contributed by atoms with Gasteiger partial charge in [0.05, 0.1) is 43.0 Å². The van der Waals surface area contributed by atoms with Crippen LogP contribution in [-0.4, -0.2) is 44.2 Å². The number of nitrogens with two attached hydrogens (primary N) is 1. The number of allylic oxidation sites excluding steroid dienone is 1. The molecule has 1 aliphatic heterocycles. The first kappa shape index (κ1) is 25.3. The van der Waals surface area contributed by atoms with E-state index in [9.17, 15) is 32.9 Å². The van der Waals surface area contributed by atoms with Crippen LogP contribution in [0.4, 0.5) is 5.69 Å². The van der Waals surface area contributed by atoms with Gasteiger partial charge in [0.15, 0.2) is 5.75 Å². The van der Waals surface area contributed by atoms with Gasteiger partial charge in [0, 0.05) is 0 Å². The second-order valence-corrected chi connectivity index (χ2v) is 8.83. The summed E-state index contributed by atoms with van der Waals surface area (Å²) in [5, 5.41) is 20.8. The summed E-state index contributed by atoms with van der Waals surface area (Å²) in [6, 6.07) is 12.4. The Hall–Kier alpha value is -4.34. The van der Waals surface area contributed by atoms with Crippen LogP contribution in [0.15, 0.2) is 70.0 Å². The van der Waals surface area contributed by atoms with Crippen molar-refractivity contribution in [1.29, 1.82) is 5.26 Å². The average molecular weight is 500 g/mol. The molecule has 1 atom stereocenters. The zero-order valence-corrected chi connectivity index (χ0v) is 19.7. The lowest BCUT2D eigenvalue weighted by atomic mass is 9.81. The molecule has 2 aromatic carbocycles. The van der Waals surface area contributed by atoms with Crippen molar-refractivity contribution < 1.29 is 37.1 Å². The topological polar surface area (TPSA) is 180 Å². The SMILES string of the molecule is COC(=O)C1=C(C(=O)OC)N(c2cc(C)cc(S(=O)(=O)O)c2O)C(N)=C(C#N)C1c1ccccc1. The Balaban J connectivity index is 2.52. The molecule has 0 spiro atoms. The summed E-state index contributed by atoms with van der Waals surface area (Å²) in [7, 11) is -2.79. The lowest BCUT2D eigenvalue weighted by Crippen LogP contribution is -2.41. The molecule has 3 rings (SSSR count). The molecule has 11 nitrogen and oxygen atoms in total. The van der Waals surface area contributed by atoms with Crippen molar-refractivity contribution in [3.05, 3.63) is 76.3 Å². The molecule has 1 unspecified atom stereocenters. The lowest BCUT2D eigenvalue weighted by molar-refractivity contribution is -0.139. The number of benzene rings is 2. The number of hydrogen-bond acceptors (Lipinski definition) is 10. The minimum atomic E-state index is -4.91. The van der Waals surface area contributed by atoms with Crippen molar-refractivity contribution in [3.8, 4) is 11.8 Å². The van der Waals surface area contributed by atoms with Gasteiger partial charge < -0.3 is 20.3 Å². The van der Waals surface area contributed by atoms with Crippen LogP contribution in [-0.2, 0) is 29.2 Å². The molecule has 0 bridgehead atoms. The number of ether oxygens (including phenoxy) is 2. The van der Waals surface area contributed by atoms with Crippen molar-refractivity contribution in [2.75, 3.05) is 19.1 Å². The van der Waals surface area contributed by atoms with E-state index < -0.39 is 50.0 Å². The number of nitrogens with zero attached hydrogens (tertiary/aromatic N) is 2. The Bertz CT molecular complexity index is 1420. The maximum Gasteiger partial charge on any atom is 0.355 e. The first-order valence-electron chi connectivity index (χ1n) is 9.94. The molecule has 1 aliphatic rings. The van der Waals surface area contributed by atoms with Gasteiger partial charge in [0.1, 0.15) is 16.4 Å². The number of rotatable bonds is 5. The highest BCUT2D eigenvalue weighted by molar-refractivity contribution is 7.86. The molecule has 0 saturated carbocycles. The van der Waals surface area contributed by atoms with Gasteiger partial charge in [-0.1, -0.05) is 30.3 Å². The third kappa shape index (κ3) is 4.42. The monoisotopic (exact) mass is 499 g/mol. The van der Waals surface area contributed by atoms with Gasteiger partial charge in [-0.25, -0.2) is 9.59 Å². The molecule has 4 N–H and O–H groups in total. The molecular weight excluding hydrogens is 478 g/mol. The Morgan fingerprint density at radius 3 is 2.23 bits per heavy atom. The maximum absolute atomic E-state index is 13.0. The number of phenolic OH excluding ortho intramolecular Hbond substituents is 1. The summed E-state index contributed by atoms with van der Waals surface area (Å²) in [4.78, 5) is 26.0. The molecule has 0 radical (unpaired) electrons. The third-order valence-electron chi connectivity index (χ3n) is 5.33. The number of esters is 2. The number of anilines is 1. The van der Waals surface area contributed by atoms with Crippen LogP contribution in [0.3, 0.4) is 0 Å². The highest BCUT2D eigenvalue weighted by atomic mass is 32.2. The molecular formula is C23H21N3O8S. The van der Waals surface area contributed by atoms with Crippen LogP contribution in [0.25, 0.3) is 0 Å².